The van der Waals surface area contributed by atoms with Gasteiger partial charge in [-0.3, -0.25) is 0 Å². The predicted molar refractivity (Wildman–Crippen MR) is 82.7 cm³/mol. The van der Waals surface area contributed by atoms with E-state index in [1.807, 2.05) is 37.3 Å². The molecule has 1 aromatic heterocycles. The van der Waals surface area contributed by atoms with Crippen molar-refractivity contribution in [1.82, 2.24) is 4.98 Å². The van der Waals surface area contributed by atoms with E-state index in [2.05, 4.69) is 11.1 Å². The zero-order chi connectivity index (χ0) is 14.8. The fourth-order valence-electron chi connectivity index (χ4n) is 2.14. The molecule has 0 saturated carbocycles. The molecule has 3 rings (SSSR count). The molecule has 3 nitrogen and oxygen atoms in total. The Labute approximate surface area is 127 Å². The van der Waals surface area contributed by atoms with Crippen molar-refractivity contribution in [3.05, 3.63) is 64.7 Å². The first-order valence-electron chi connectivity index (χ1n) is 6.41. The fraction of sp³-hybridized carbons (Fsp3) is 0.0588. The van der Waals surface area contributed by atoms with Crippen molar-refractivity contribution in [2.75, 3.05) is 0 Å². The summed E-state index contributed by atoms with van der Waals surface area (Å²) in [4.78, 5) is 4.44. The number of aryl methyl sites for hydroxylation is 1. The smallest absolute Gasteiger partial charge is 0.221 e. The van der Waals surface area contributed by atoms with Crippen LogP contribution in [0, 0.1) is 18.3 Å². The van der Waals surface area contributed by atoms with Gasteiger partial charge in [-0.1, -0.05) is 29.8 Å². The second-order valence-electron chi connectivity index (χ2n) is 4.65. The van der Waals surface area contributed by atoms with E-state index in [0.717, 1.165) is 16.5 Å². The maximum Gasteiger partial charge on any atom is 0.221 e. The van der Waals surface area contributed by atoms with Crippen LogP contribution < -0.4 is 4.74 Å². The van der Waals surface area contributed by atoms with Crippen LogP contribution in [-0.2, 0) is 0 Å². The van der Waals surface area contributed by atoms with E-state index < -0.39 is 0 Å². The lowest BCUT2D eigenvalue weighted by molar-refractivity contribution is 0.461. The third-order valence-corrected chi connectivity index (χ3v) is 3.40. The van der Waals surface area contributed by atoms with Crippen LogP contribution >= 0.6 is 11.6 Å². The second kappa shape index (κ2) is 5.43. The summed E-state index contributed by atoms with van der Waals surface area (Å²) in [5, 5.41) is 10.7. The maximum atomic E-state index is 9.27. The van der Waals surface area contributed by atoms with Gasteiger partial charge >= 0.3 is 0 Å². The highest BCUT2D eigenvalue weighted by Gasteiger charge is 2.08. The highest BCUT2D eigenvalue weighted by atomic mass is 35.5. The van der Waals surface area contributed by atoms with Crippen LogP contribution in [0.15, 0.2) is 48.5 Å². The molecule has 1 heterocycles. The number of benzene rings is 2. The molecule has 0 atom stereocenters. The molecule has 0 bridgehead atoms. The number of hydrogen-bond donors (Lipinski definition) is 0. The molecule has 0 aliphatic heterocycles. The van der Waals surface area contributed by atoms with Crippen LogP contribution in [0.2, 0.25) is 5.02 Å². The van der Waals surface area contributed by atoms with Gasteiger partial charge in [0.2, 0.25) is 5.88 Å². The van der Waals surface area contributed by atoms with Gasteiger partial charge in [-0.15, -0.1) is 0 Å². The van der Waals surface area contributed by atoms with Crippen molar-refractivity contribution in [2.24, 2.45) is 0 Å². The predicted octanol–water partition coefficient (Wildman–Crippen LogP) is 4.86. The first kappa shape index (κ1) is 13.4. The zero-order valence-corrected chi connectivity index (χ0v) is 12.1. The largest absolute Gasteiger partial charge is 0.439 e. The number of para-hydroxylation sites is 1. The molecule has 0 unspecified atom stereocenters. The summed E-state index contributed by atoms with van der Waals surface area (Å²) in [5.74, 6) is 1.07. The van der Waals surface area contributed by atoms with Gasteiger partial charge in [0.25, 0.3) is 0 Å². The van der Waals surface area contributed by atoms with E-state index in [0.29, 0.717) is 22.2 Å². The summed E-state index contributed by atoms with van der Waals surface area (Å²) >= 11 is 5.93. The Morgan fingerprint density at radius 1 is 1.14 bits per heavy atom. The average molecular weight is 295 g/mol. The quantitative estimate of drug-likeness (QED) is 0.678. The van der Waals surface area contributed by atoms with Gasteiger partial charge in [-0.25, -0.2) is 4.98 Å². The number of nitriles is 1. The van der Waals surface area contributed by atoms with E-state index in [9.17, 15) is 5.26 Å². The molecule has 4 heteroatoms. The first-order chi connectivity index (χ1) is 10.2. The van der Waals surface area contributed by atoms with Crippen molar-refractivity contribution in [3.8, 4) is 17.7 Å². The molecular formula is C17H11ClN2O. The van der Waals surface area contributed by atoms with Gasteiger partial charge in [-0.05, 0) is 36.8 Å². The molecule has 2 aromatic carbocycles. The lowest BCUT2D eigenvalue weighted by Gasteiger charge is -2.09. The minimum atomic E-state index is 0.399. The summed E-state index contributed by atoms with van der Waals surface area (Å²) in [6, 6.07) is 16.7. The fourth-order valence-corrected chi connectivity index (χ4v) is 2.36. The minimum Gasteiger partial charge on any atom is -0.439 e. The standard InChI is InChI=1S/C17H11ClN2O/c1-11-8-13(18)6-7-16(11)21-17-9-12(10-19)14-4-2-3-5-15(14)20-17/h2-9H,1H3. The maximum absolute atomic E-state index is 9.27. The number of nitrogens with zero attached hydrogens (tertiary/aromatic N) is 2. The highest BCUT2D eigenvalue weighted by molar-refractivity contribution is 6.30. The Morgan fingerprint density at radius 2 is 1.95 bits per heavy atom. The van der Waals surface area contributed by atoms with Crippen molar-refractivity contribution in [1.29, 1.82) is 5.26 Å². The van der Waals surface area contributed by atoms with Gasteiger partial charge in [0, 0.05) is 16.5 Å². The van der Waals surface area contributed by atoms with Gasteiger partial charge in [-0.2, -0.15) is 5.26 Å². The van der Waals surface area contributed by atoms with Crippen LogP contribution in [0.4, 0.5) is 0 Å². The van der Waals surface area contributed by atoms with E-state index in [-0.39, 0.29) is 0 Å². The summed E-state index contributed by atoms with van der Waals surface area (Å²) in [6.07, 6.45) is 0. The number of hydrogen-bond acceptors (Lipinski definition) is 3. The first-order valence-corrected chi connectivity index (χ1v) is 6.79. The van der Waals surface area contributed by atoms with E-state index in [1.165, 1.54) is 0 Å². The van der Waals surface area contributed by atoms with E-state index in [1.54, 1.807) is 18.2 Å². The molecule has 0 N–H and O–H groups in total. The summed E-state index contributed by atoms with van der Waals surface area (Å²) in [6.45, 7) is 1.91. The topological polar surface area (TPSA) is 45.9 Å². The monoisotopic (exact) mass is 294 g/mol. The number of pyridine rings is 1. The molecule has 21 heavy (non-hydrogen) atoms. The van der Waals surface area contributed by atoms with Crippen molar-refractivity contribution in [3.63, 3.8) is 0 Å². The number of ether oxygens (including phenoxy) is 1. The number of rotatable bonds is 2. The lowest BCUT2D eigenvalue weighted by Crippen LogP contribution is -1.93. The molecule has 0 saturated heterocycles. The summed E-state index contributed by atoms with van der Waals surface area (Å²) in [7, 11) is 0. The highest BCUT2D eigenvalue weighted by Crippen LogP contribution is 2.28. The molecule has 0 aliphatic carbocycles. The van der Waals surface area contributed by atoms with Crippen LogP contribution in [0.5, 0.6) is 11.6 Å². The average Bonchev–Trinajstić information content (AvgIpc) is 2.49. The molecule has 0 fully saturated rings. The molecular weight excluding hydrogens is 284 g/mol. The summed E-state index contributed by atoms with van der Waals surface area (Å²) < 4.78 is 5.79. The molecule has 0 spiro atoms. The molecule has 3 aromatic rings. The lowest BCUT2D eigenvalue weighted by atomic mass is 10.1. The Kier molecular flexibility index (Phi) is 3.47. The molecule has 0 radical (unpaired) electrons. The SMILES string of the molecule is Cc1cc(Cl)ccc1Oc1cc(C#N)c2ccccc2n1. The Morgan fingerprint density at radius 3 is 2.71 bits per heavy atom. The van der Waals surface area contributed by atoms with Crippen molar-refractivity contribution >= 4 is 22.5 Å². The third kappa shape index (κ3) is 2.67. The number of halogens is 1. The molecule has 0 aliphatic rings. The normalized spacial score (nSPS) is 10.3. The zero-order valence-electron chi connectivity index (χ0n) is 11.3. The van der Waals surface area contributed by atoms with Crippen LogP contribution in [0.3, 0.4) is 0 Å². The Bertz CT molecular complexity index is 868. The van der Waals surface area contributed by atoms with E-state index >= 15 is 0 Å². The van der Waals surface area contributed by atoms with Gasteiger partial charge in [0.1, 0.15) is 11.8 Å². The van der Waals surface area contributed by atoms with Crippen molar-refractivity contribution < 1.29 is 4.74 Å². The van der Waals surface area contributed by atoms with Crippen molar-refractivity contribution in [2.45, 2.75) is 6.92 Å². The Balaban J connectivity index is 2.07. The van der Waals surface area contributed by atoms with Gasteiger partial charge in [0.05, 0.1) is 11.1 Å². The minimum absolute atomic E-state index is 0.399. The second-order valence-corrected chi connectivity index (χ2v) is 5.09. The van der Waals surface area contributed by atoms with Gasteiger partial charge in [0.15, 0.2) is 0 Å². The van der Waals surface area contributed by atoms with Crippen LogP contribution in [0.25, 0.3) is 10.9 Å². The number of aromatic nitrogens is 1. The third-order valence-electron chi connectivity index (χ3n) is 3.16. The summed E-state index contributed by atoms with van der Waals surface area (Å²) in [5.41, 5.74) is 2.19. The number of fused-ring (bicyclic) bond motifs is 1. The van der Waals surface area contributed by atoms with Gasteiger partial charge < -0.3 is 4.74 Å². The molecule has 102 valence electrons. The van der Waals surface area contributed by atoms with Crippen LogP contribution in [0.1, 0.15) is 11.1 Å². The molecule has 0 amide bonds. The van der Waals surface area contributed by atoms with Crippen LogP contribution in [-0.4, -0.2) is 4.98 Å². The van der Waals surface area contributed by atoms with E-state index in [4.69, 9.17) is 16.3 Å². The Hall–Kier alpha value is -2.57.